The molecular weight excluding hydrogens is 340 g/mol. The number of para-hydroxylation sites is 1. The summed E-state index contributed by atoms with van der Waals surface area (Å²) < 4.78 is 0. The van der Waals surface area contributed by atoms with E-state index in [1.165, 1.54) is 0 Å². The zero-order chi connectivity index (χ0) is 19.0. The van der Waals surface area contributed by atoms with Crippen LogP contribution in [0.15, 0.2) is 54.6 Å². The van der Waals surface area contributed by atoms with Crippen molar-refractivity contribution in [2.24, 2.45) is 5.92 Å². The van der Waals surface area contributed by atoms with Gasteiger partial charge in [0.25, 0.3) is 0 Å². The van der Waals surface area contributed by atoms with E-state index in [4.69, 9.17) is 0 Å². The number of aryl methyl sites for hydroxylation is 1. The number of carboxylic acids is 1. The predicted molar refractivity (Wildman–Crippen MR) is 104 cm³/mol. The first kappa shape index (κ1) is 17.3. The molecule has 2 N–H and O–H groups in total. The Morgan fingerprint density at radius 2 is 1.78 bits per heavy atom. The Kier molecular flexibility index (Phi) is 4.44. The van der Waals surface area contributed by atoms with Crippen molar-refractivity contribution in [1.29, 1.82) is 0 Å². The van der Waals surface area contributed by atoms with Gasteiger partial charge >= 0.3 is 5.97 Å². The maximum Gasteiger partial charge on any atom is 0.308 e. The van der Waals surface area contributed by atoms with Crippen molar-refractivity contribution in [3.63, 3.8) is 0 Å². The van der Waals surface area contributed by atoms with Crippen LogP contribution in [0.3, 0.4) is 0 Å². The van der Waals surface area contributed by atoms with Crippen LogP contribution >= 0.6 is 0 Å². The Morgan fingerprint density at radius 3 is 2.52 bits per heavy atom. The number of nitrogens with zero attached hydrogens (tertiary/aromatic N) is 1. The number of hydrogen-bond acceptors (Lipinski definition) is 2. The standard InChI is InChI=1S/C22H22N2O3/c1-14-17(16-9-5-6-10-20(16)23-14)11-21(25)24-12-18(19(13-24)22(26)27)15-7-3-2-4-8-15/h2-10,18-19,23H,11-13H2,1H3,(H,26,27)/t18-,19-/m0/s1. The third kappa shape index (κ3) is 3.21. The normalized spacial score (nSPS) is 19.5. The van der Waals surface area contributed by atoms with E-state index in [1.807, 2.05) is 61.5 Å². The van der Waals surface area contributed by atoms with E-state index in [2.05, 4.69) is 4.98 Å². The minimum Gasteiger partial charge on any atom is -0.481 e. The number of rotatable bonds is 4. The van der Waals surface area contributed by atoms with Crippen LogP contribution in [0, 0.1) is 12.8 Å². The lowest BCUT2D eigenvalue weighted by Crippen LogP contribution is -2.31. The fourth-order valence-electron chi connectivity index (χ4n) is 4.12. The van der Waals surface area contributed by atoms with E-state index in [-0.39, 0.29) is 24.8 Å². The summed E-state index contributed by atoms with van der Waals surface area (Å²) in [4.78, 5) is 29.8. The predicted octanol–water partition coefficient (Wildman–Crippen LogP) is 3.35. The lowest BCUT2D eigenvalue weighted by Gasteiger charge is -2.17. The summed E-state index contributed by atoms with van der Waals surface area (Å²) in [5.41, 5.74) is 3.97. The molecule has 0 saturated carbocycles. The van der Waals surface area contributed by atoms with Crippen LogP contribution in [0.2, 0.25) is 0 Å². The van der Waals surface area contributed by atoms with E-state index in [1.54, 1.807) is 4.90 Å². The first-order valence-corrected chi connectivity index (χ1v) is 9.16. The van der Waals surface area contributed by atoms with Crippen molar-refractivity contribution < 1.29 is 14.7 Å². The molecule has 27 heavy (non-hydrogen) atoms. The summed E-state index contributed by atoms with van der Waals surface area (Å²) in [7, 11) is 0. The smallest absolute Gasteiger partial charge is 0.308 e. The third-order valence-corrected chi connectivity index (χ3v) is 5.57. The number of fused-ring (bicyclic) bond motifs is 1. The van der Waals surface area contributed by atoms with Crippen molar-refractivity contribution in [3.05, 3.63) is 71.4 Å². The maximum atomic E-state index is 13.0. The van der Waals surface area contributed by atoms with Crippen LogP contribution < -0.4 is 0 Å². The number of aromatic nitrogens is 1. The topological polar surface area (TPSA) is 73.4 Å². The summed E-state index contributed by atoms with van der Waals surface area (Å²) >= 11 is 0. The highest BCUT2D eigenvalue weighted by molar-refractivity contribution is 5.90. The van der Waals surface area contributed by atoms with Gasteiger partial charge in [-0.1, -0.05) is 48.5 Å². The van der Waals surface area contributed by atoms with Gasteiger partial charge in [-0.25, -0.2) is 0 Å². The highest BCUT2D eigenvalue weighted by atomic mass is 16.4. The Morgan fingerprint density at radius 1 is 1.07 bits per heavy atom. The fourth-order valence-corrected chi connectivity index (χ4v) is 4.12. The average Bonchev–Trinajstić information content (AvgIpc) is 3.25. The number of likely N-dealkylation sites (tertiary alicyclic amines) is 1. The largest absolute Gasteiger partial charge is 0.481 e. The second kappa shape index (κ2) is 6.91. The van der Waals surface area contributed by atoms with Crippen LogP contribution in [0.4, 0.5) is 0 Å². The number of H-pyrrole nitrogens is 1. The van der Waals surface area contributed by atoms with Gasteiger partial charge in [-0.15, -0.1) is 0 Å². The SMILES string of the molecule is Cc1[nH]c2ccccc2c1CC(=O)N1C[C@H](C(=O)O)[C@H](c2ccccc2)C1. The molecule has 2 heterocycles. The number of benzene rings is 2. The van der Waals surface area contributed by atoms with E-state index in [0.29, 0.717) is 6.54 Å². The van der Waals surface area contributed by atoms with Gasteiger partial charge < -0.3 is 15.0 Å². The zero-order valence-electron chi connectivity index (χ0n) is 15.2. The number of hydrogen-bond donors (Lipinski definition) is 2. The van der Waals surface area contributed by atoms with Crippen molar-refractivity contribution in [3.8, 4) is 0 Å². The molecule has 0 bridgehead atoms. The van der Waals surface area contributed by atoms with Crippen molar-refractivity contribution in [2.45, 2.75) is 19.3 Å². The van der Waals surface area contributed by atoms with Gasteiger partial charge in [0, 0.05) is 35.6 Å². The minimum absolute atomic E-state index is 0.0208. The van der Waals surface area contributed by atoms with Gasteiger partial charge in [0.2, 0.25) is 5.91 Å². The molecule has 5 nitrogen and oxygen atoms in total. The molecule has 0 spiro atoms. The summed E-state index contributed by atoms with van der Waals surface area (Å²) in [6.45, 7) is 2.68. The molecular formula is C22H22N2O3. The molecule has 2 aromatic carbocycles. The molecule has 1 saturated heterocycles. The van der Waals surface area contributed by atoms with E-state index < -0.39 is 11.9 Å². The van der Waals surface area contributed by atoms with Gasteiger partial charge in [-0.05, 0) is 24.1 Å². The quantitative estimate of drug-likeness (QED) is 0.747. The van der Waals surface area contributed by atoms with Crippen LogP contribution in [0.25, 0.3) is 10.9 Å². The zero-order valence-corrected chi connectivity index (χ0v) is 15.2. The first-order valence-electron chi connectivity index (χ1n) is 9.16. The summed E-state index contributed by atoms with van der Waals surface area (Å²) in [5.74, 6) is -1.60. The molecule has 138 valence electrons. The van der Waals surface area contributed by atoms with Crippen LogP contribution in [0.5, 0.6) is 0 Å². The van der Waals surface area contributed by atoms with Gasteiger partial charge in [0.15, 0.2) is 0 Å². The number of aliphatic carboxylic acids is 1. The molecule has 0 aliphatic carbocycles. The Balaban J connectivity index is 1.57. The molecule has 1 fully saturated rings. The summed E-state index contributed by atoms with van der Waals surface area (Å²) in [6, 6.07) is 17.6. The van der Waals surface area contributed by atoms with E-state index in [9.17, 15) is 14.7 Å². The second-order valence-corrected chi connectivity index (χ2v) is 7.21. The van der Waals surface area contributed by atoms with Crippen molar-refractivity contribution in [1.82, 2.24) is 9.88 Å². The number of aromatic amines is 1. The highest BCUT2D eigenvalue weighted by Gasteiger charge is 2.40. The molecule has 4 rings (SSSR count). The molecule has 0 radical (unpaired) electrons. The van der Waals surface area contributed by atoms with Crippen LogP contribution in [-0.4, -0.2) is 40.0 Å². The Hall–Kier alpha value is -3.08. The Bertz CT molecular complexity index is 993. The molecule has 3 aromatic rings. The number of carbonyl (C=O) groups is 2. The molecule has 1 aliphatic heterocycles. The highest BCUT2D eigenvalue weighted by Crippen LogP contribution is 2.33. The summed E-state index contributed by atoms with van der Waals surface area (Å²) in [6.07, 6.45) is 0.281. The summed E-state index contributed by atoms with van der Waals surface area (Å²) in [5, 5.41) is 10.7. The minimum atomic E-state index is -0.845. The monoisotopic (exact) mass is 362 g/mol. The molecule has 1 aliphatic rings. The molecule has 1 aromatic heterocycles. The number of nitrogens with one attached hydrogen (secondary N) is 1. The average molecular weight is 362 g/mol. The Labute approximate surface area is 157 Å². The number of carboxylic acid groups (broad SMARTS) is 1. The second-order valence-electron chi connectivity index (χ2n) is 7.21. The van der Waals surface area contributed by atoms with Gasteiger partial charge in [-0.3, -0.25) is 9.59 Å². The van der Waals surface area contributed by atoms with E-state index in [0.717, 1.165) is 27.7 Å². The molecule has 1 amide bonds. The number of amides is 1. The van der Waals surface area contributed by atoms with Crippen LogP contribution in [0.1, 0.15) is 22.7 Å². The van der Waals surface area contributed by atoms with Gasteiger partial charge in [0.1, 0.15) is 0 Å². The van der Waals surface area contributed by atoms with Crippen LogP contribution in [-0.2, 0) is 16.0 Å². The van der Waals surface area contributed by atoms with Gasteiger partial charge in [-0.2, -0.15) is 0 Å². The molecule has 2 atom stereocenters. The molecule has 5 heteroatoms. The maximum absolute atomic E-state index is 13.0. The van der Waals surface area contributed by atoms with E-state index >= 15 is 0 Å². The third-order valence-electron chi connectivity index (χ3n) is 5.57. The lowest BCUT2D eigenvalue weighted by atomic mass is 9.89. The number of carbonyl (C=O) groups excluding carboxylic acids is 1. The molecule has 0 unspecified atom stereocenters. The lowest BCUT2D eigenvalue weighted by molar-refractivity contribution is -0.141. The van der Waals surface area contributed by atoms with Crippen molar-refractivity contribution >= 4 is 22.8 Å². The van der Waals surface area contributed by atoms with Gasteiger partial charge in [0.05, 0.1) is 12.3 Å². The van der Waals surface area contributed by atoms with Crippen molar-refractivity contribution in [2.75, 3.05) is 13.1 Å². The first-order chi connectivity index (χ1) is 13.0. The fraction of sp³-hybridized carbons (Fsp3) is 0.273.